The summed E-state index contributed by atoms with van der Waals surface area (Å²) in [4.78, 5) is 27.1. The fraction of sp³-hybridized carbons (Fsp3) is 0.706. The average molecular weight is 467 g/mol. The number of hydrogen-bond acceptors (Lipinski definition) is 10. The van der Waals surface area contributed by atoms with Crippen LogP contribution in [-0.2, 0) is 32.4 Å². The van der Waals surface area contributed by atoms with Crippen LogP contribution in [0.4, 0.5) is 14.6 Å². The van der Waals surface area contributed by atoms with Crippen LogP contribution in [0.1, 0.15) is 33.4 Å². The number of hydrogen-bond donors (Lipinski definition) is 1. The molecule has 0 bridgehead atoms. The van der Waals surface area contributed by atoms with Gasteiger partial charge in [0, 0.05) is 6.20 Å². The Morgan fingerprint density at radius 1 is 1.45 bits per heavy atom. The van der Waals surface area contributed by atoms with Gasteiger partial charge in [-0.15, -0.1) is 0 Å². The number of fused-ring (bicyclic) bond motifs is 1. The molecule has 0 unspecified atom stereocenters. The quantitative estimate of drug-likeness (QED) is 0.467. The van der Waals surface area contributed by atoms with Crippen molar-refractivity contribution in [3.8, 4) is 0 Å². The Balaban J connectivity index is 1.64. The third kappa shape index (κ3) is 5.12. The molecule has 0 saturated carbocycles. The van der Waals surface area contributed by atoms with Crippen molar-refractivity contribution in [2.75, 3.05) is 18.9 Å². The standard InChI is InChI=1S/C17H24F2N3O8P/c1-9(2)28-14(23)10(3)5-7-26-31(25)27-8-11-13(30-31)17(18,19)15(29-11)22-6-4-12(20)21-16(22)24/h4,6,9-11,13,15H,5,7-8H2,1-3H3,(H2,20,21,24)/t10-,11-,13-,15-,31+/m1/s1. The largest absolute Gasteiger partial charge is 0.475 e. The topological polar surface area (TPSA) is 141 Å². The minimum Gasteiger partial charge on any atom is -0.463 e. The summed E-state index contributed by atoms with van der Waals surface area (Å²) in [6.07, 6.45) is -4.49. The van der Waals surface area contributed by atoms with Crippen LogP contribution in [0, 0.1) is 5.92 Å². The van der Waals surface area contributed by atoms with Crippen LogP contribution in [0.2, 0.25) is 0 Å². The lowest BCUT2D eigenvalue weighted by molar-refractivity contribution is -0.152. The molecule has 1 aromatic rings. The Labute approximate surface area is 176 Å². The van der Waals surface area contributed by atoms with Crippen LogP contribution in [0.3, 0.4) is 0 Å². The van der Waals surface area contributed by atoms with Crippen molar-refractivity contribution < 1.29 is 41.2 Å². The van der Waals surface area contributed by atoms with Crippen LogP contribution >= 0.6 is 7.82 Å². The molecule has 174 valence electrons. The molecule has 31 heavy (non-hydrogen) atoms. The normalized spacial score (nSPS) is 30.7. The molecule has 2 aliphatic heterocycles. The van der Waals surface area contributed by atoms with Gasteiger partial charge < -0.3 is 15.2 Å². The van der Waals surface area contributed by atoms with Crippen molar-refractivity contribution in [1.82, 2.24) is 9.55 Å². The van der Waals surface area contributed by atoms with Gasteiger partial charge in [0.1, 0.15) is 11.9 Å². The van der Waals surface area contributed by atoms with Gasteiger partial charge in [-0.05, 0) is 26.3 Å². The Morgan fingerprint density at radius 2 is 2.16 bits per heavy atom. The van der Waals surface area contributed by atoms with Gasteiger partial charge in [0.25, 0.3) is 0 Å². The molecule has 0 aromatic carbocycles. The number of phosphoric ester groups is 1. The molecule has 3 heterocycles. The highest BCUT2D eigenvalue weighted by Gasteiger charge is 2.65. The number of rotatable bonds is 7. The Kier molecular flexibility index (Phi) is 6.82. The van der Waals surface area contributed by atoms with E-state index < -0.39 is 56.4 Å². The van der Waals surface area contributed by atoms with E-state index in [0.29, 0.717) is 4.57 Å². The van der Waals surface area contributed by atoms with Crippen molar-refractivity contribution >= 4 is 19.6 Å². The van der Waals surface area contributed by atoms with Gasteiger partial charge in [0.2, 0.25) is 6.23 Å². The second-order valence-electron chi connectivity index (χ2n) is 7.52. The fourth-order valence-electron chi connectivity index (χ4n) is 3.05. The van der Waals surface area contributed by atoms with Crippen LogP contribution in [0.15, 0.2) is 17.1 Å². The summed E-state index contributed by atoms with van der Waals surface area (Å²) in [6, 6.07) is 1.17. The van der Waals surface area contributed by atoms with E-state index in [1.165, 1.54) is 6.07 Å². The van der Waals surface area contributed by atoms with Crippen LogP contribution in [-0.4, -0.2) is 53.0 Å². The van der Waals surface area contributed by atoms with E-state index in [9.17, 15) is 22.9 Å². The molecule has 11 nitrogen and oxygen atoms in total. The van der Waals surface area contributed by atoms with Crippen LogP contribution in [0.25, 0.3) is 0 Å². The van der Waals surface area contributed by atoms with E-state index in [0.717, 1.165) is 6.20 Å². The number of aromatic nitrogens is 2. The number of nitrogens with zero attached hydrogens (tertiary/aromatic N) is 2. The minimum atomic E-state index is -4.35. The van der Waals surface area contributed by atoms with Gasteiger partial charge in [-0.2, -0.15) is 13.8 Å². The smallest absolute Gasteiger partial charge is 0.463 e. The first kappa shape index (κ1) is 23.7. The van der Waals surface area contributed by atoms with Crippen molar-refractivity contribution in [3.05, 3.63) is 22.7 Å². The number of phosphoric acid groups is 1. The minimum absolute atomic E-state index is 0.110. The van der Waals surface area contributed by atoms with E-state index in [-0.39, 0.29) is 24.9 Å². The number of anilines is 1. The highest BCUT2D eigenvalue weighted by atomic mass is 31.2. The number of alkyl halides is 2. The monoisotopic (exact) mass is 467 g/mol. The van der Waals surface area contributed by atoms with E-state index in [2.05, 4.69) is 4.98 Å². The molecule has 0 aliphatic carbocycles. The Hall–Kier alpha value is -1.92. The molecule has 3 rings (SSSR count). The van der Waals surface area contributed by atoms with Crippen LogP contribution in [0.5, 0.6) is 0 Å². The van der Waals surface area contributed by atoms with E-state index >= 15 is 0 Å². The zero-order chi connectivity index (χ0) is 23.0. The summed E-state index contributed by atoms with van der Waals surface area (Å²) in [6.45, 7) is 4.23. The number of ether oxygens (including phenoxy) is 2. The van der Waals surface area contributed by atoms with Gasteiger partial charge in [-0.25, -0.2) is 9.36 Å². The first-order valence-electron chi connectivity index (χ1n) is 9.59. The number of nitrogens with two attached hydrogens (primary N) is 1. The van der Waals surface area contributed by atoms with Gasteiger partial charge in [0.05, 0.1) is 25.2 Å². The van der Waals surface area contributed by atoms with Gasteiger partial charge in [-0.1, -0.05) is 6.92 Å². The first-order chi connectivity index (χ1) is 14.4. The lowest BCUT2D eigenvalue weighted by Crippen LogP contribution is -2.45. The van der Waals surface area contributed by atoms with Crippen molar-refractivity contribution in [3.63, 3.8) is 0 Å². The van der Waals surface area contributed by atoms with Gasteiger partial charge in [-0.3, -0.25) is 22.9 Å². The van der Waals surface area contributed by atoms with Crippen LogP contribution < -0.4 is 11.4 Å². The van der Waals surface area contributed by atoms with E-state index in [1.807, 2.05) is 0 Å². The summed E-state index contributed by atoms with van der Waals surface area (Å²) in [5.41, 5.74) is 4.34. The zero-order valence-electron chi connectivity index (χ0n) is 17.1. The molecular weight excluding hydrogens is 443 g/mol. The lowest BCUT2D eigenvalue weighted by Gasteiger charge is -2.31. The summed E-state index contributed by atoms with van der Waals surface area (Å²) in [5.74, 6) is -4.92. The van der Waals surface area contributed by atoms with Crippen molar-refractivity contribution in [2.24, 2.45) is 5.92 Å². The summed E-state index contributed by atoms with van der Waals surface area (Å²) < 4.78 is 68.6. The number of nitrogen functional groups attached to an aromatic ring is 1. The molecule has 2 aliphatic rings. The highest BCUT2D eigenvalue weighted by Crippen LogP contribution is 2.59. The second kappa shape index (κ2) is 8.91. The Morgan fingerprint density at radius 3 is 2.81 bits per heavy atom. The lowest BCUT2D eigenvalue weighted by atomic mass is 10.1. The third-order valence-corrected chi connectivity index (χ3v) is 6.10. The molecule has 0 radical (unpaired) electrons. The molecule has 14 heteroatoms. The SMILES string of the molecule is CC(C)OC(=O)[C@H](C)CCO[P@@]1(=O)OC[C@H]2O[C@@H](n3ccc(N)nc3=O)C(F)(F)[C@@H]2O1. The fourth-order valence-corrected chi connectivity index (χ4v) is 4.45. The molecule has 5 atom stereocenters. The van der Waals surface area contributed by atoms with Crippen molar-refractivity contribution in [1.29, 1.82) is 0 Å². The predicted octanol–water partition coefficient (Wildman–Crippen LogP) is 1.88. The number of esters is 1. The molecule has 0 spiro atoms. The third-order valence-electron chi connectivity index (χ3n) is 4.65. The zero-order valence-corrected chi connectivity index (χ0v) is 18.0. The first-order valence-corrected chi connectivity index (χ1v) is 11.0. The summed E-state index contributed by atoms with van der Waals surface area (Å²) in [5, 5.41) is 0. The summed E-state index contributed by atoms with van der Waals surface area (Å²) >= 11 is 0. The molecule has 2 fully saturated rings. The number of carbonyl (C=O) groups excluding carboxylic acids is 1. The number of halogens is 2. The molecule has 0 amide bonds. The average Bonchev–Trinajstić information content (AvgIpc) is 2.91. The van der Waals surface area contributed by atoms with Gasteiger partial charge >= 0.3 is 25.4 Å². The van der Waals surface area contributed by atoms with Crippen molar-refractivity contribution in [2.45, 2.75) is 57.7 Å². The Bertz CT molecular complexity index is 927. The highest BCUT2D eigenvalue weighted by molar-refractivity contribution is 7.48. The maximum atomic E-state index is 15.0. The molecule has 1 aromatic heterocycles. The van der Waals surface area contributed by atoms with Gasteiger partial charge in [0.15, 0.2) is 6.10 Å². The summed E-state index contributed by atoms with van der Waals surface area (Å²) in [7, 11) is -4.35. The molecule has 2 saturated heterocycles. The number of carbonyl (C=O) groups is 1. The maximum absolute atomic E-state index is 15.0. The predicted molar refractivity (Wildman–Crippen MR) is 101 cm³/mol. The molecular formula is C17H24F2N3O8P. The van der Waals surface area contributed by atoms with E-state index in [4.69, 9.17) is 28.8 Å². The maximum Gasteiger partial charge on any atom is 0.475 e. The van der Waals surface area contributed by atoms with E-state index in [1.54, 1.807) is 20.8 Å². The second-order valence-corrected chi connectivity index (χ2v) is 9.14. The molecule has 2 N–H and O–H groups in total.